The molecule has 1 N–H and O–H groups in total. The van der Waals surface area contributed by atoms with Crippen molar-refractivity contribution in [2.24, 2.45) is 0 Å². The van der Waals surface area contributed by atoms with E-state index in [1.54, 1.807) is 0 Å². The third-order valence-electron chi connectivity index (χ3n) is 0.842. The molecule has 5 nitrogen and oxygen atoms in total. The van der Waals surface area contributed by atoms with E-state index in [9.17, 15) is 13.2 Å². The molecule has 0 heterocycles. The van der Waals surface area contributed by atoms with E-state index in [1.165, 1.54) is 6.92 Å². The second-order valence-electron chi connectivity index (χ2n) is 2.06. The van der Waals surface area contributed by atoms with Crippen LogP contribution in [0.5, 0.6) is 0 Å². The van der Waals surface area contributed by atoms with Gasteiger partial charge in [-0.15, -0.1) is 5.75 Å². The molecule has 0 bridgehead atoms. The van der Waals surface area contributed by atoms with Crippen LogP contribution in [0.1, 0.15) is 6.92 Å². The zero-order valence-electron chi connectivity index (χ0n) is 7.48. The molecule has 0 atom stereocenters. The van der Waals surface area contributed by atoms with E-state index in [0.29, 0.717) is 5.75 Å². The molecular weight excluding hydrogens is 191 g/mol. The molecule has 0 aliphatic carbocycles. The Balaban J connectivity index is 0. The average molecular weight is 200 g/mol. The maximum Gasteiger partial charge on any atom is 1.00 e. The van der Waals surface area contributed by atoms with Crippen molar-refractivity contribution in [1.29, 1.82) is 0 Å². The zero-order chi connectivity index (χ0) is 9.78. The fourth-order valence-electron chi connectivity index (χ4n) is 0.319. The molecule has 13 heavy (non-hydrogen) atoms. The Kier molecular flexibility index (Phi) is 7.27. The number of hydrogen-bond acceptors (Lipinski definition) is 4. The van der Waals surface area contributed by atoms with Crippen LogP contribution in [0.4, 0.5) is 0 Å². The summed E-state index contributed by atoms with van der Waals surface area (Å²) in [5.74, 6) is -0.219. The molecule has 70 valence electrons. The third-order valence-corrected chi connectivity index (χ3v) is 1.40. The minimum atomic E-state index is -4.18. The Morgan fingerprint density at radius 2 is 2.08 bits per heavy atom. The molecule has 0 aliphatic rings. The number of hydrogen-bond donors (Lipinski definition) is 1. The van der Waals surface area contributed by atoms with E-state index in [-0.39, 0.29) is 24.4 Å². The fourth-order valence-corrected chi connectivity index (χ4v) is 0.559. The van der Waals surface area contributed by atoms with Gasteiger partial charge in [0.2, 0.25) is 0 Å². The van der Waals surface area contributed by atoms with Crippen molar-refractivity contribution in [3.05, 3.63) is 17.9 Å². The van der Waals surface area contributed by atoms with E-state index < -0.39 is 22.7 Å². The molecule has 0 aliphatic heterocycles. The van der Waals surface area contributed by atoms with Gasteiger partial charge in [-0.1, -0.05) is 6.58 Å². The van der Waals surface area contributed by atoms with Gasteiger partial charge in [0, 0.05) is 5.57 Å². The number of ether oxygens (including phenoxy) is 1. The van der Waals surface area contributed by atoms with Crippen molar-refractivity contribution >= 4 is 16.1 Å². The van der Waals surface area contributed by atoms with Crippen LogP contribution in [0.2, 0.25) is 0 Å². The largest absolute Gasteiger partial charge is 1.00 e. The quantitative estimate of drug-likeness (QED) is 0.174. The summed E-state index contributed by atoms with van der Waals surface area (Å²) in [5.41, 5.74) is 0.165. The van der Waals surface area contributed by atoms with Crippen LogP contribution in [-0.4, -0.2) is 25.5 Å². The third kappa shape index (κ3) is 9.63. The van der Waals surface area contributed by atoms with Gasteiger partial charge in [-0.2, -0.15) is 0 Å². The van der Waals surface area contributed by atoms with Crippen LogP contribution < -0.4 is 18.9 Å². The smallest absolute Gasteiger partial charge is 0.494 e. The molecular formula is C6H9LiO5S. The number of rotatable bonds is 4. The summed E-state index contributed by atoms with van der Waals surface area (Å²) < 4.78 is 32.7. The SMILES string of the molecule is C=C(C)C(=O)OC[CH-]S(=O)(=O)O.[Li+]. The van der Waals surface area contributed by atoms with Crippen LogP contribution in [0.25, 0.3) is 0 Å². The fraction of sp³-hybridized carbons (Fsp3) is 0.333. The molecule has 0 aromatic heterocycles. The topological polar surface area (TPSA) is 80.7 Å². The van der Waals surface area contributed by atoms with Crippen molar-refractivity contribution in [1.82, 2.24) is 0 Å². The molecule has 0 amide bonds. The molecule has 0 saturated carbocycles. The summed E-state index contributed by atoms with van der Waals surface area (Å²) in [6.45, 7) is 4.21. The second-order valence-corrected chi connectivity index (χ2v) is 3.42. The van der Waals surface area contributed by atoms with E-state index in [2.05, 4.69) is 11.3 Å². The van der Waals surface area contributed by atoms with Crippen LogP contribution in [0, 0.1) is 5.75 Å². The summed E-state index contributed by atoms with van der Waals surface area (Å²) in [6.07, 6.45) is 0. The predicted octanol–water partition coefficient (Wildman–Crippen LogP) is -2.84. The first-order valence-electron chi connectivity index (χ1n) is 2.96. The number of carbonyl (C=O) groups is 1. The van der Waals surface area contributed by atoms with Crippen molar-refractivity contribution in [2.75, 3.05) is 6.61 Å². The first-order chi connectivity index (χ1) is 5.33. The van der Waals surface area contributed by atoms with E-state index in [0.717, 1.165) is 0 Å². The summed E-state index contributed by atoms with van der Waals surface area (Å²) >= 11 is 0. The van der Waals surface area contributed by atoms with Gasteiger partial charge in [0.25, 0.3) is 0 Å². The first kappa shape index (κ1) is 15.2. The van der Waals surface area contributed by atoms with Gasteiger partial charge in [0.1, 0.15) is 10.1 Å². The van der Waals surface area contributed by atoms with Crippen LogP contribution in [0.3, 0.4) is 0 Å². The molecule has 0 radical (unpaired) electrons. The molecule has 0 aromatic carbocycles. The molecule has 0 rings (SSSR count). The second kappa shape index (κ2) is 6.21. The first-order valence-corrected chi connectivity index (χ1v) is 4.46. The van der Waals surface area contributed by atoms with Crippen LogP contribution in [-0.2, 0) is 19.6 Å². The number of esters is 1. The van der Waals surface area contributed by atoms with Crippen LogP contribution in [0.15, 0.2) is 12.2 Å². The molecule has 0 spiro atoms. The van der Waals surface area contributed by atoms with Crippen molar-refractivity contribution in [3.8, 4) is 0 Å². The Bertz CT molecular complexity index is 281. The maximum absolute atomic E-state index is 10.6. The Labute approximate surface area is 89.1 Å². The summed E-state index contributed by atoms with van der Waals surface area (Å²) in [7, 11) is -4.18. The zero-order valence-corrected chi connectivity index (χ0v) is 8.30. The van der Waals surface area contributed by atoms with Gasteiger partial charge in [-0.25, -0.2) is 13.2 Å². The van der Waals surface area contributed by atoms with Crippen molar-refractivity contribution < 1.29 is 41.4 Å². The van der Waals surface area contributed by atoms with Gasteiger partial charge in [0.05, 0.1) is 0 Å². The Hall–Kier alpha value is -0.283. The Morgan fingerprint density at radius 3 is 2.38 bits per heavy atom. The van der Waals surface area contributed by atoms with Gasteiger partial charge in [0.15, 0.2) is 0 Å². The van der Waals surface area contributed by atoms with Gasteiger partial charge in [-0.05, 0) is 13.5 Å². The summed E-state index contributed by atoms with van der Waals surface area (Å²) in [6, 6.07) is 0. The van der Waals surface area contributed by atoms with Gasteiger partial charge >= 0.3 is 24.8 Å². The normalized spacial score (nSPS) is 10.0. The number of carbonyl (C=O) groups excluding carboxylic acids is 1. The molecule has 0 unspecified atom stereocenters. The molecule has 0 saturated heterocycles. The minimum absolute atomic E-state index is 0. The Morgan fingerprint density at radius 1 is 1.62 bits per heavy atom. The average Bonchev–Trinajstić information content (AvgIpc) is 1.84. The summed E-state index contributed by atoms with van der Waals surface area (Å²) in [5, 5.41) is 0. The van der Waals surface area contributed by atoms with E-state index in [1.807, 2.05) is 0 Å². The van der Waals surface area contributed by atoms with Crippen molar-refractivity contribution in [2.45, 2.75) is 6.92 Å². The van der Waals surface area contributed by atoms with Crippen LogP contribution >= 0.6 is 0 Å². The van der Waals surface area contributed by atoms with Crippen molar-refractivity contribution in [3.63, 3.8) is 0 Å². The molecule has 7 heteroatoms. The summed E-state index contributed by atoms with van der Waals surface area (Å²) in [4.78, 5) is 10.6. The van der Waals surface area contributed by atoms with Gasteiger partial charge in [-0.3, -0.25) is 0 Å². The van der Waals surface area contributed by atoms with E-state index in [4.69, 9.17) is 4.55 Å². The maximum atomic E-state index is 10.6. The molecule has 0 aromatic rings. The molecule has 0 fully saturated rings. The van der Waals surface area contributed by atoms with E-state index >= 15 is 0 Å². The monoisotopic (exact) mass is 200 g/mol. The standard InChI is InChI=1S/C6H9O5S.Li/c1-5(2)6(7)11-3-4-12(8,9)10;/h4H,1,3H2,2H3,(H,8,9,10);/q-1;+1. The predicted molar refractivity (Wildman–Crippen MR) is 41.6 cm³/mol. The minimum Gasteiger partial charge on any atom is -0.494 e. The van der Waals surface area contributed by atoms with Gasteiger partial charge < -0.3 is 9.29 Å².